The largest absolute Gasteiger partial charge is 0.229 e. The van der Waals surface area contributed by atoms with E-state index in [4.69, 9.17) is 0 Å². The summed E-state index contributed by atoms with van der Waals surface area (Å²) in [6, 6.07) is 2.63. The van der Waals surface area contributed by atoms with Crippen molar-refractivity contribution in [3.05, 3.63) is 35.4 Å². The Hall–Kier alpha value is -1.06. The zero-order valence-corrected chi connectivity index (χ0v) is 13.6. The highest BCUT2D eigenvalue weighted by molar-refractivity contribution is 7.91. The molecule has 1 heterocycles. The molecule has 124 valence electrons. The van der Waals surface area contributed by atoms with Gasteiger partial charge < -0.3 is 0 Å². The molecule has 22 heavy (non-hydrogen) atoms. The van der Waals surface area contributed by atoms with Gasteiger partial charge in [0.2, 0.25) is 10.0 Å². The van der Waals surface area contributed by atoms with E-state index in [1.807, 2.05) is 0 Å². The van der Waals surface area contributed by atoms with Gasteiger partial charge in [-0.1, -0.05) is 0 Å². The quantitative estimate of drug-likeness (QED) is 0.818. The number of hydrogen-bond donors (Lipinski definition) is 0. The van der Waals surface area contributed by atoms with Crippen LogP contribution in [-0.2, 0) is 25.6 Å². The lowest BCUT2D eigenvalue weighted by molar-refractivity contribution is 0.345. The zero-order chi connectivity index (χ0) is 16.5. The van der Waals surface area contributed by atoms with E-state index in [-0.39, 0.29) is 31.5 Å². The maximum absolute atomic E-state index is 13.1. The molecule has 1 aromatic rings. The summed E-state index contributed by atoms with van der Waals surface area (Å²) in [5, 5.41) is -0.537. The Bertz CT molecular complexity index is 734. The Morgan fingerprint density at radius 1 is 1.05 bits per heavy atom. The molecule has 1 fully saturated rings. The summed E-state index contributed by atoms with van der Waals surface area (Å²) in [5.74, 6) is -2.17. The summed E-state index contributed by atoms with van der Waals surface area (Å²) in [6.07, 6.45) is 1.60. The fourth-order valence-electron chi connectivity index (χ4n) is 2.53. The van der Waals surface area contributed by atoms with Crippen molar-refractivity contribution in [3.63, 3.8) is 0 Å². The average Bonchev–Trinajstić information content (AvgIpc) is 2.36. The molecular formula is C13H17F2NO4S2. The number of rotatable bonds is 4. The lowest BCUT2D eigenvalue weighted by Gasteiger charge is -2.30. The minimum absolute atomic E-state index is 0.0303. The second-order valence-corrected chi connectivity index (χ2v) is 9.76. The van der Waals surface area contributed by atoms with Gasteiger partial charge in [-0.25, -0.2) is 29.9 Å². The van der Waals surface area contributed by atoms with Crippen LogP contribution in [0.4, 0.5) is 8.78 Å². The first-order chi connectivity index (χ1) is 10.1. The van der Waals surface area contributed by atoms with Crippen molar-refractivity contribution >= 4 is 19.9 Å². The fraction of sp³-hybridized carbons (Fsp3) is 0.538. The van der Waals surface area contributed by atoms with E-state index in [0.717, 1.165) is 18.4 Å². The van der Waals surface area contributed by atoms with Gasteiger partial charge in [-0.3, -0.25) is 0 Å². The van der Waals surface area contributed by atoms with Crippen molar-refractivity contribution in [1.82, 2.24) is 4.31 Å². The molecule has 0 amide bonds. The second-order valence-electron chi connectivity index (χ2n) is 5.46. The van der Waals surface area contributed by atoms with E-state index >= 15 is 0 Å². The predicted molar refractivity (Wildman–Crippen MR) is 78.4 cm³/mol. The van der Waals surface area contributed by atoms with Crippen molar-refractivity contribution in [1.29, 1.82) is 0 Å². The first-order valence-corrected chi connectivity index (χ1v) is 10.3. The lowest BCUT2D eigenvalue weighted by atomic mass is 10.2. The highest BCUT2D eigenvalue weighted by Gasteiger charge is 2.32. The third-order valence-electron chi connectivity index (χ3n) is 3.67. The minimum Gasteiger partial charge on any atom is -0.229 e. The van der Waals surface area contributed by atoms with Gasteiger partial charge in [-0.05, 0) is 30.5 Å². The fourth-order valence-corrected chi connectivity index (χ4v) is 5.14. The van der Waals surface area contributed by atoms with Crippen molar-refractivity contribution in [2.45, 2.75) is 23.8 Å². The van der Waals surface area contributed by atoms with Crippen LogP contribution in [-0.4, -0.2) is 45.7 Å². The molecule has 1 saturated heterocycles. The number of hydrogen-bond acceptors (Lipinski definition) is 4. The van der Waals surface area contributed by atoms with Crippen molar-refractivity contribution in [2.24, 2.45) is 0 Å². The molecule has 0 spiro atoms. The van der Waals surface area contributed by atoms with Crippen LogP contribution in [0, 0.1) is 11.6 Å². The Morgan fingerprint density at radius 2 is 1.55 bits per heavy atom. The van der Waals surface area contributed by atoms with Crippen molar-refractivity contribution < 1.29 is 25.6 Å². The molecule has 0 atom stereocenters. The van der Waals surface area contributed by atoms with Gasteiger partial charge >= 0.3 is 0 Å². The Morgan fingerprint density at radius 3 is 2.00 bits per heavy atom. The van der Waals surface area contributed by atoms with Crippen molar-refractivity contribution in [3.8, 4) is 0 Å². The van der Waals surface area contributed by atoms with Crippen LogP contribution in [0.1, 0.15) is 18.4 Å². The Labute approximate surface area is 128 Å². The molecule has 0 bridgehead atoms. The van der Waals surface area contributed by atoms with Gasteiger partial charge in [0.1, 0.15) is 21.5 Å². The molecule has 0 N–H and O–H groups in total. The van der Waals surface area contributed by atoms with E-state index in [1.165, 1.54) is 4.31 Å². The molecule has 0 radical (unpaired) electrons. The number of piperidine rings is 1. The monoisotopic (exact) mass is 353 g/mol. The Kier molecular flexibility index (Phi) is 4.88. The van der Waals surface area contributed by atoms with Crippen LogP contribution in [0.15, 0.2) is 18.2 Å². The maximum atomic E-state index is 13.1. The molecule has 0 aromatic heterocycles. The maximum Gasteiger partial charge on any atom is 0.218 e. The average molecular weight is 353 g/mol. The zero-order valence-electron chi connectivity index (χ0n) is 12.0. The minimum atomic E-state index is -3.73. The lowest BCUT2D eigenvalue weighted by Crippen LogP contribution is -2.42. The molecule has 9 heteroatoms. The summed E-state index contributed by atoms with van der Waals surface area (Å²) in [5.41, 5.74) is 0.0303. The van der Waals surface area contributed by atoms with Crippen molar-refractivity contribution in [2.75, 3.05) is 19.3 Å². The van der Waals surface area contributed by atoms with Gasteiger partial charge in [-0.15, -0.1) is 0 Å². The first-order valence-electron chi connectivity index (χ1n) is 6.69. The smallest absolute Gasteiger partial charge is 0.218 e. The van der Waals surface area contributed by atoms with E-state index in [9.17, 15) is 25.6 Å². The summed E-state index contributed by atoms with van der Waals surface area (Å²) in [4.78, 5) is 0. The summed E-state index contributed by atoms with van der Waals surface area (Å²) in [6.45, 7) is 0.190. The van der Waals surface area contributed by atoms with E-state index in [2.05, 4.69) is 0 Å². The molecule has 0 aliphatic carbocycles. The highest BCUT2D eigenvalue weighted by Crippen LogP contribution is 2.22. The highest BCUT2D eigenvalue weighted by atomic mass is 32.2. The van der Waals surface area contributed by atoms with Gasteiger partial charge in [0.05, 0.1) is 11.0 Å². The number of halogens is 2. The van der Waals surface area contributed by atoms with Crippen LogP contribution in [0.3, 0.4) is 0 Å². The molecule has 1 aromatic carbocycles. The van der Waals surface area contributed by atoms with Gasteiger partial charge in [0.15, 0.2) is 0 Å². The van der Waals surface area contributed by atoms with E-state index in [0.29, 0.717) is 6.07 Å². The number of sulfonamides is 1. The molecular weight excluding hydrogens is 336 g/mol. The van der Waals surface area contributed by atoms with Gasteiger partial charge in [0.25, 0.3) is 0 Å². The van der Waals surface area contributed by atoms with Crippen LogP contribution in [0.25, 0.3) is 0 Å². The predicted octanol–water partition coefficient (Wildman–Crippen LogP) is 1.30. The molecule has 0 saturated carbocycles. The standard InChI is InChI=1S/C13H17F2NO4S2/c1-21(17,18)13-2-4-16(5-3-13)22(19,20)9-10-6-11(14)8-12(15)7-10/h6-8,13H,2-5,9H2,1H3. The van der Waals surface area contributed by atoms with E-state index < -0.39 is 42.5 Å². The number of nitrogens with zero attached hydrogens (tertiary/aromatic N) is 1. The SMILES string of the molecule is CS(=O)(=O)C1CCN(S(=O)(=O)Cc2cc(F)cc(F)c2)CC1. The number of sulfone groups is 1. The summed E-state index contributed by atoms with van der Waals surface area (Å²) >= 11 is 0. The van der Waals surface area contributed by atoms with Crippen LogP contribution < -0.4 is 0 Å². The second kappa shape index (κ2) is 6.21. The normalized spacial score (nSPS) is 18.5. The number of benzene rings is 1. The van der Waals surface area contributed by atoms with Crippen LogP contribution in [0.5, 0.6) is 0 Å². The third-order valence-corrected chi connectivity index (χ3v) is 7.20. The van der Waals surface area contributed by atoms with E-state index in [1.54, 1.807) is 0 Å². The van der Waals surface area contributed by atoms with Gasteiger partial charge in [0, 0.05) is 25.4 Å². The molecule has 2 rings (SSSR count). The first kappa shape index (κ1) is 17.3. The Balaban J connectivity index is 2.09. The summed E-state index contributed by atoms with van der Waals surface area (Å²) < 4.78 is 74.8. The molecule has 1 aliphatic heterocycles. The van der Waals surface area contributed by atoms with Gasteiger partial charge in [-0.2, -0.15) is 0 Å². The molecule has 1 aliphatic rings. The van der Waals surface area contributed by atoms with Crippen LogP contribution in [0.2, 0.25) is 0 Å². The topological polar surface area (TPSA) is 71.5 Å². The molecule has 5 nitrogen and oxygen atoms in total. The summed E-state index contributed by atoms with van der Waals surface area (Å²) in [7, 11) is -6.92. The molecule has 0 unspecified atom stereocenters. The third kappa shape index (κ3) is 4.23. The van der Waals surface area contributed by atoms with Crippen LogP contribution >= 0.6 is 0 Å².